The van der Waals surface area contributed by atoms with Crippen molar-refractivity contribution >= 4 is 17.5 Å². The Labute approximate surface area is 183 Å². The quantitative estimate of drug-likeness (QED) is 0.773. The van der Waals surface area contributed by atoms with Crippen LogP contribution in [-0.2, 0) is 0 Å². The fraction of sp³-hybridized carbons (Fsp3) is 0.625. The Morgan fingerprint density at radius 3 is 2.84 bits per heavy atom. The number of amides is 2. The number of hydrogen-bond donors (Lipinski definition) is 2. The largest absolute Gasteiger partial charge is 0.350 e. The number of carbonyl (C=O) groups is 2. The van der Waals surface area contributed by atoms with Crippen LogP contribution in [0, 0.1) is 23.2 Å². The van der Waals surface area contributed by atoms with Crippen molar-refractivity contribution in [3.63, 3.8) is 0 Å². The molecule has 1 unspecified atom stereocenters. The number of nitrogens with two attached hydrogens (primary N) is 1. The molecule has 4 fully saturated rings. The second-order valence-electron chi connectivity index (χ2n) is 10.2. The van der Waals surface area contributed by atoms with Gasteiger partial charge in [-0.3, -0.25) is 14.0 Å². The lowest BCUT2D eigenvalue weighted by molar-refractivity contribution is -0.103. The fourth-order valence-electron chi connectivity index (χ4n) is 6.32. The third kappa shape index (κ3) is 3.34. The molecule has 1 saturated heterocycles. The molecule has 3 N–H and O–H groups in total. The van der Waals surface area contributed by atoms with Crippen molar-refractivity contribution in [1.82, 2.24) is 19.6 Å². The average Bonchev–Trinajstić information content (AvgIpc) is 3.43. The lowest BCUT2D eigenvalue weighted by Crippen LogP contribution is -2.54. The van der Waals surface area contributed by atoms with Gasteiger partial charge >= 0.3 is 0 Å². The summed E-state index contributed by atoms with van der Waals surface area (Å²) in [4.78, 5) is 32.4. The minimum Gasteiger partial charge on any atom is -0.350 e. The van der Waals surface area contributed by atoms with Crippen molar-refractivity contribution < 1.29 is 9.59 Å². The lowest BCUT2D eigenvalue weighted by Gasteiger charge is -2.60. The van der Waals surface area contributed by atoms with Crippen molar-refractivity contribution in [1.29, 1.82) is 0 Å². The van der Waals surface area contributed by atoms with Gasteiger partial charge in [-0.05, 0) is 67.4 Å². The Kier molecular flexibility index (Phi) is 5.04. The first-order chi connectivity index (χ1) is 14.9. The molecule has 4 aliphatic rings. The molecule has 7 heteroatoms. The Balaban J connectivity index is 1.32. The third-order valence-corrected chi connectivity index (χ3v) is 8.38. The highest BCUT2D eigenvalue weighted by molar-refractivity contribution is 5.95. The van der Waals surface area contributed by atoms with Crippen molar-refractivity contribution in [2.45, 2.75) is 52.0 Å². The van der Waals surface area contributed by atoms with Crippen molar-refractivity contribution in [3.05, 3.63) is 35.8 Å². The number of imidazole rings is 1. The highest BCUT2D eigenvalue weighted by Crippen LogP contribution is 2.61. The fourth-order valence-corrected chi connectivity index (χ4v) is 6.32. The predicted octanol–water partition coefficient (Wildman–Crippen LogP) is 2.70. The van der Waals surface area contributed by atoms with Crippen LogP contribution in [0.15, 0.2) is 24.4 Å². The van der Waals surface area contributed by atoms with Crippen molar-refractivity contribution in [3.8, 4) is 0 Å². The molecule has 2 amide bonds. The molecule has 0 radical (unpaired) electrons. The van der Waals surface area contributed by atoms with E-state index >= 15 is 0 Å². The van der Waals surface area contributed by atoms with Crippen LogP contribution < -0.4 is 11.1 Å². The van der Waals surface area contributed by atoms with Crippen LogP contribution in [0.25, 0.3) is 5.65 Å². The molecule has 3 heterocycles. The number of aromatic nitrogens is 2. The standard InChI is InChI=1S/C24H33N5O2/c1-24(2)16-9-8-15(18(24)11-16)13-26-22(30)20-6-3-7-21-27-19(14-29(20)21)23(31)28-10-4-5-17(28)12-25/h3,6-7,14-18H,4-5,8-13,25H2,1-2H3,(H,26,30)/t15-,16-,17?,18-/m0/s1. The maximum Gasteiger partial charge on any atom is 0.274 e. The average molecular weight is 424 g/mol. The molecule has 0 spiro atoms. The molecule has 3 saturated carbocycles. The van der Waals surface area contributed by atoms with Crippen LogP contribution in [0.1, 0.15) is 66.9 Å². The molecule has 2 bridgehead atoms. The van der Waals surface area contributed by atoms with E-state index in [1.54, 1.807) is 16.7 Å². The van der Waals surface area contributed by atoms with Gasteiger partial charge in [-0.25, -0.2) is 4.98 Å². The van der Waals surface area contributed by atoms with Crippen LogP contribution >= 0.6 is 0 Å². The zero-order chi connectivity index (χ0) is 21.8. The van der Waals surface area contributed by atoms with Gasteiger partial charge in [0.05, 0.1) is 0 Å². The topological polar surface area (TPSA) is 92.7 Å². The van der Waals surface area contributed by atoms with Crippen LogP contribution in [0.3, 0.4) is 0 Å². The second-order valence-corrected chi connectivity index (χ2v) is 10.2. The molecule has 0 aromatic carbocycles. The molecule has 6 rings (SSSR count). The summed E-state index contributed by atoms with van der Waals surface area (Å²) < 4.78 is 1.74. The van der Waals surface area contributed by atoms with E-state index in [1.807, 2.05) is 17.0 Å². The second kappa shape index (κ2) is 7.62. The van der Waals surface area contributed by atoms with Gasteiger partial charge in [0.1, 0.15) is 17.0 Å². The van der Waals surface area contributed by atoms with Gasteiger partial charge in [0.2, 0.25) is 0 Å². The number of rotatable bonds is 5. The van der Waals surface area contributed by atoms with Crippen LogP contribution in [0.2, 0.25) is 0 Å². The summed E-state index contributed by atoms with van der Waals surface area (Å²) in [5, 5.41) is 3.16. The van der Waals surface area contributed by atoms with E-state index in [1.165, 1.54) is 19.3 Å². The number of nitrogens with one attached hydrogen (secondary N) is 1. The summed E-state index contributed by atoms with van der Waals surface area (Å²) in [7, 11) is 0. The summed E-state index contributed by atoms with van der Waals surface area (Å²) in [5.74, 6) is 1.89. The van der Waals surface area contributed by atoms with E-state index in [2.05, 4.69) is 24.1 Å². The van der Waals surface area contributed by atoms with Crippen LogP contribution in [-0.4, -0.2) is 51.8 Å². The molecular formula is C24H33N5O2. The zero-order valence-corrected chi connectivity index (χ0v) is 18.5. The predicted molar refractivity (Wildman–Crippen MR) is 119 cm³/mol. The number of nitrogens with zero attached hydrogens (tertiary/aromatic N) is 3. The van der Waals surface area contributed by atoms with Gasteiger partial charge in [0, 0.05) is 31.9 Å². The SMILES string of the molecule is CC1(C)[C@H]2CC[C@@H](CNC(=O)c3cccc4nc(C(=O)N5CCCC5CN)cn34)[C@@H]1C2. The highest BCUT2D eigenvalue weighted by Gasteiger charge is 2.53. The molecule has 3 aliphatic carbocycles. The van der Waals surface area contributed by atoms with E-state index in [9.17, 15) is 9.59 Å². The first-order valence-electron chi connectivity index (χ1n) is 11.7. The molecule has 4 atom stereocenters. The molecular weight excluding hydrogens is 390 g/mol. The molecule has 7 nitrogen and oxygen atoms in total. The summed E-state index contributed by atoms with van der Waals surface area (Å²) in [6, 6.07) is 5.52. The molecule has 1 aliphatic heterocycles. The Morgan fingerprint density at radius 1 is 1.26 bits per heavy atom. The van der Waals surface area contributed by atoms with Gasteiger partial charge in [0.25, 0.3) is 11.8 Å². The van der Waals surface area contributed by atoms with E-state index in [-0.39, 0.29) is 17.9 Å². The minimum absolute atomic E-state index is 0.0749. The van der Waals surface area contributed by atoms with Crippen molar-refractivity contribution in [2.75, 3.05) is 19.6 Å². The number of hydrogen-bond acceptors (Lipinski definition) is 4. The van der Waals surface area contributed by atoms with Gasteiger partial charge in [-0.15, -0.1) is 0 Å². The van der Waals surface area contributed by atoms with E-state index < -0.39 is 0 Å². The highest BCUT2D eigenvalue weighted by atomic mass is 16.2. The summed E-state index contributed by atoms with van der Waals surface area (Å²) in [6.45, 7) is 6.64. The van der Waals surface area contributed by atoms with E-state index in [4.69, 9.17) is 5.73 Å². The number of fused-ring (bicyclic) bond motifs is 3. The van der Waals surface area contributed by atoms with Crippen molar-refractivity contribution in [2.24, 2.45) is 28.9 Å². The van der Waals surface area contributed by atoms with Crippen LogP contribution in [0.5, 0.6) is 0 Å². The summed E-state index contributed by atoms with van der Waals surface area (Å²) in [6.07, 6.45) is 7.37. The monoisotopic (exact) mass is 423 g/mol. The molecule has 31 heavy (non-hydrogen) atoms. The normalized spacial score (nSPS) is 29.1. The lowest BCUT2D eigenvalue weighted by atomic mass is 9.45. The van der Waals surface area contributed by atoms with Gasteiger partial charge < -0.3 is 16.0 Å². The maximum absolute atomic E-state index is 13.0. The molecule has 2 aromatic heterocycles. The van der Waals surface area contributed by atoms with Crippen LogP contribution in [0.4, 0.5) is 0 Å². The van der Waals surface area contributed by atoms with Gasteiger partial charge in [-0.1, -0.05) is 19.9 Å². The number of pyridine rings is 1. The van der Waals surface area contributed by atoms with E-state index in [0.717, 1.165) is 18.8 Å². The number of carbonyl (C=O) groups excluding carboxylic acids is 2. The molecule has 2 aromatic rings. The summed E-state index contributed by atoms with van der Waals surface area (Å²) >= 11 is 0. The Bertz CT molecular complexity index is 1010. The smallest absolute Gasteiger partial charge is 0.274 e. The maximum atomic E-state index is 13.0. The zero-order valence-electron chi connectivity index (χ0n) is 18.5. The van der Waals surface area contributed by atoms with Gasteiger partial charge in [0.15, 0.2) is 0 Å². The number of likely N-dealkylation sites (tertiary alicyclic amines) is 1. The Hall–Kier alpha value is -2.41. The first-order valence-corrected chi connectivity index (χ1v) is 11.7. The minimum atomic E-state index is -0.109. The van der Waals surface area contributed by atoms with E-state index in [0.29, 0.717) is 53.9 Å². The molecule has 166 valence electrons. The van der Waals surface area contributed by atoms with Gasteiger partial charge in [-0.2, -0.15) is 0 Å². The third-order valence-electron chi connectivity index (χ3n) is 8.38. The summed E-state index contributed by atoms with van der Waals surface area (Å²) in [5.41, 5.74) is 7.74. The Morgan fingerprint density at radius 2 is 2.10 bits per heavy atom. The first kappa shape index (κ1) is 20.5.